The minimum atomic E-state index is -0.470. The maximum absolute atomic E-state index is 11.6. The first kappa shape index (κ1) is 11.3. The molecule has 0 saturated heterocycles. The summed E-state index contributed by atoms with van der Waals surface area (Å²) >= 11 is 0. The number of ether oxygens (including phenoxy) is 2. The van der Waals surface area contributed by atoms with E-state index in [1.54, 1.807) is 41.8 Å². The molecular formula is C13H11N3O3. The van der Waals surface area contributed by atoms with Crippen LogP contribution in [0.5, 0.6) is 0 Å². The van der Waals surface area contributed by atoms with E-state index in [-0.39, 0.29) is 5.56 Å². The van der Waals surface area contributed by atoms with Gasteiger partial charge in [0, 0.05) is 18.6 Å². The van der Waals surface area contributed by atoms with Crippen molar-refractivity contribution in [3.05, 3.63) is 71.3 Å². The van der Waals surface area contributed by atoms with Gasteiger partial charge in [-0.15, -0.1) is 0 Å². The van der Waals surface area contributed by atoms with Crippen molar-refractivity contribution >= 4 is 6.21 Å². The summed E-state index contributed by atoms with van der Waals surface area (Å²) in [4.78, 5) is 20.3. The number of hydrogen-bond donors (Lipinski definition) is 1. The molecule has 3 heterocycles. The zero-order valence-electron chi connectivity index (χ0n) is 9.89. The fraction of sp³-hybridized carbons (Fsp3) is 0.0769. The van der Waals surface area contributed by atoms with Gasteiger partial charge in [-0.25, -0.2) is 4.99 Å². The van der Waals surface area contributed by atoms with Gasteiger partial charge < -0.3 is 14.5 Å². The van der Waals surface area contributed by atoms with Crippen LogP contribution in [0.2, 0.25) is 0 Å². The second-order valence-electron chi connectivity index (χ2n) is 3.88. The van der Waals surface area contributed by atoms with E-state index < -0.39 is 6.10 Å². The highest BCUT2D eigenvalue weighted by molar-refractivity contribution is 5.68. The molecule has 1 N–H and O–H groups in total. The molecule has 1 atom stereocenters. The van der Waals surface area contributed by atoms with Gasteiger partial charge in [0.2, 0.25) is 0 Å². The average molecular weight is 257 g/mol. The molecular weight excluding hydrogens is 246 g/mol. The quantitative estimate of drug-likeness (QED) is 0.873. The molecule has 0 aromatic carbocycles. The summed E-state index contributed by atoms with van der Waals surface area (Å²) < 4.78 is 10.5. The molecule has 1 unspecified atom stereocenters. The van der Waals surface area contributed by atoms with Crippen LogP contribution in [-0.2, 0) is 9.47 Å². The molecule has 0 saturated carbocycles. The number of aromatic nitrogens is 1. The highest BCUT2D eigenvalue weighted by Gasteiger charge is 2.18. The highest BCUT2D eigenvalue weighted by Crippen LogP contribution is 2.21. The molecule has 0 spiro atoms. The third-order valence-corrected chi connectivity index (χ3v) is 2.68. The third kappa shape index (κ3) is 2.28. The molecule has 2 aliphatic heterocycles. The number of pyridine rings is 1. The van der Waals surface area contributed by atoms with Crippen molar-refractivity contribution in [3.63, 3.8) is 0 Å². The third-order valence-electron chi connectivity index (χ3n) is 2.68. The normalized spacial score (nSPS) is 20.7. The van der Waals surface area contributed by atoms with E-state index in [1.807, 2.05) is 0 Å². The van der Waals surface area contributed by atoms with E-state index in [1.165, 1.54) is 18.8 Å². The highest BCUT2D eigenvalue weighted by atomic mass is 16.5. The predicted molar refractivity (Wildman–Crippen MR) is 68.7 cm³/mol. The van der Waals surface area contributed by atoms with Crippen LogP contribution in [0, 0.1) is 0 Å². The van der Waals surface area contributed by atoms with Gasteiger partial charge in [0.05, 0.1) is 11.8 Å². The van der Waals surface area contributed by atoms with Crippen LogP contribution in [0.25, 0.3) is 0 Å². The Kier molecular flexibility index (Phi) is 2.89. The summed E-state index contributed by atoms with van der Waals surface area (Å²) in [5.74, 6) is 0.611. The molecule has 0 bridgehead atoms. The van der Waals surface area contributed by atoms with Crippen molar-refractivity contribution in [3.8, 4) is 0 Å². The van der Waals surface area contributed by atoms with Crippen molar-refractivity contribution in [1.29, 1.82) is 0 Å². The van der Waals surface area contributed by atoms with Gasteiger partial charge in [-0.3, -0.25) is 9.69 Å². The van der Waals surface area contributed by atoms with Crippen LogP contribution in [0.4, 0.5) is 0 Å². The summed E-state index contributed by atoms with van der Waals surface area (Å²) in [5, 5.41) is 0. The van der Waals surface area contributed by atoms with Crippen LogP contribution in [0.15, 0.2) is 65.1 Å². The Morgan fingerprint density at radius 3 is 2.84 bits per heavy atom. The van der Waals surface area contributed by atoms with E-state index in [2.05, 4.69) is 9.98 Å². The molecule has 0 amide bonds. The Bertz CT molecular complexity index is 631. The van der Waals surface area contributed by atoms with Gasteiger partial charge in [0.15, 0.2) is 11.9 Å². The SMILES string of the molecule is O=c1[nH]cccc1C1C=NC(N2C=COC=C2)=CO1. The fourth-order valence-corrected chi connectivity index (χ4v) is 1.73. The number of hydrogen-bond acceptors (Lipinski definition) is 5. The summed E-state index contributed by atoms with van der Waals surface area (Å²) in [6.07, 6.45) is 10.7. The van der Waals surface area contributed by atoms with Crippen LogP contribution < -0.4 is 5.56 Å². The minimum absolute atomic E-state index is 0.179. The molecule has 6 nitrogen and oxygen atoms in total. The number of nitrogens with zero attached hydrogens (tertiary/aromatic N) is 2. The lowest BCUT2D eigenvalue weighted by Crippen LogP contribution is -2.21. The van der Waals surface area contributed by atoms with Gasteiger partial charge in [0.1, 0.15) is 18.8 Å². The van der Waals surface area contributed by atoms with E-state index in [4.69, 9.17) is 9.47 Å². The molecule has 3 rings (SSSR count). The van der Waals surface area contributed by atoms with Crippen molar-refractivity contribution in [2.45, 2.75) is 6.10 Å². The lowest BCUT2D eigenvalue weighted by molar-refractivity contribution is 0.195. The number of rotatable bonds is 2. The average Bonchev–Trinajstić information content (AvgIpc) is 2.49. The van der Waals surface area contributed by atoms with E-state index in [9.17, 15) is 4.79 Å². The monoisotopic (exact) mass is 257 g/mol. The zero-order chi connectivity index (χ0) is 13.1. The Labute approximate surface area is 109 Å². The van der Waals surface area contributed by atoms with Crippen LogP contribution in [-0.4, -0.2) is 16.1 Å². The molecule has 0 aliphatic carbocycles. The molecule has 1 aromatic rings. The molecule has 19 heavy (non-hydrogen) atoms. The van der Waals surface area contributed by atoms with Crippen molar-refractivity contribution < 1.29 is 9.47 Å². The summed E-state index contributed by atoms with van der Waals surface area (Å²) in [6.45, 7) is 0. The van der Waals surface area contributed by atoms with Gasteiger partial charge >= 0.3 is 0 Å². The van der Waals surface area contributed by atoms with Crippen LogP contribution in [0.1, 0.15) is 11.7 Å². The van der Waals surface area contributed by atoms with Crippen molar-refractivity contribution in [2.24, 2.45) is 4.99 Å². The van der Waals surface area contributed by atoms with Crippen LogP contribution in [0.3, 0.4) is 0 Å². The van der Waals surface area contributed by atoms with Crippen molar-refractivity contribution in [2.75, 3.05) is 0 Å². The molecule has 6 heteroatoms. The summed E-state index contributed by atoms with van der Waals surface area (Å²) in [7, 11) is 0. The maximum Gasteiger partial charge on any atom is 0.255 e. The Balaban J connectivity index is 1.78. The lowest BCUT2D eigenvalue weighted by atomic mass is 10.1. The molecule has 2 aliphatic rings. The standard InChI is InChI=1S/C13H11N3O3/c17-13-10(2-1-3-14-13)11-8-15-12(9-19-11)16-4-6-18-7-5-16/h1-9,11H,(H,14,17). The summed E-state index contributed by atoms with van der Waals surface area (Å²) in [5.41, 5.74) is 0.344. The minimum Gasteiger partial charge on any atom is -0.484 e. The van der Waals surface area contributed by atoms with Gasteiger partial charge in [-0.2, -0.15) is 0 Å². The van der Waals surface area contributed by atoms with E-state index >= 15 is 0 Å². The first-order chi connectivity index (χ1) is 9.34. The molecule has 0 fully saturated rings. The first-order valence-corrected chi connectivity index (χ1v) is 5.69. The molecule has 1 aromatic heterocycles. The van der Waals surface area contributed by atoms with E-state index in [0.29, 0.717) is 11.4 Å². The lowest BCUT2D eigenvalue weighted by Gasteiger charge is -2.22. The zero-order valence-corrected chi connectivity index (χ0v) is 9.89. The number of aromatic amines is 1. The van der Waals surface area contributed by atoms with Gasteiger partial charge in [0.25, 0.3) is 5.56 Å². The second kappa shape index (κ2) is 4.85. The van der Waals surface area contributed by atoms with Crippen molar-refractivity contribution in [1.82, 2.24) is 9.88 Å². The second-order valence-corrected chi connectivity index (χ2v) is 3.88. The molecule has 0 radical (unpaired) electrons. The largest absolute Gasteiger partial charge is 0.484 e. The van der Waals surface area contributed by atoms with Gasteiger partial charge in [-0.1, -0.05) is 0 Å². The number of nitrogens with one attached hydrogen (secondary N) is 1. The Morgan fingerprint density at radius 2 is 2.16 bits per heavy atom. The first-order valence-electron chi connectivity index (χ1n) is 5.69. The Hall–Kier alpha value is -2.76. The molecule has 96 valence electrons. The smallest absolute Gasteiger partial charge is 0.255 e. The Morgan fingerprint density at radius 1 is 1.32 bits per heavy atom. The number of H-pyrrole nitrogens is 1. The number of aliphatic imine (C=N–C) groups is 1. The summed E-state index contributed by atoms with van der Waals surface area (Å²) in [6, 6.07) is 3.46. The van der Waals surface area contributed by atoms with E-state index in [0.717, 1.165) is 0 Å². The van der Waals surface area contributed by atoms with Crippen LogP contribution >= 0.6 is 0 Å². The predicted octanol–water partition coefficient (Wildman–Crippen LogP) is 1.59. The maximum atomic E-state index is 11.6. The fourth-order valence-electron chi connectivity index (χ4n) is 1.73. The van der Waals surface area contributed by atoms with Gasteiger partial charge in [-0.05, 0) is 12.1 Å². The topological polar surface area (TPSA) is 66.9 Å².